The van der Waals surface area contributed by atoms with Crippen molar-refractivity contribution in [1.29, 1.82) is 0 Å². The molecule has 1 aliphatic rings. The largest absolute Gasteiger partial charge is 0.505 e. The molecule has 1 aromatic carbocycles. The van der Waals surface area contributed by atoms with Gasteiger partial charge in [-0.05, 0) is 18.6 Å². The molecule has 0 bridgehead atoms. The minimum Gasteiger partial charge on any atom is -0.505 e. The number of halogens is 2. The quantitative estimate of drug-likeness (QED) is 0.833. The fraction of sp³-hybridized carbons (Fsp3) is 0.500. The van der Waals surface area contributed by atoms with Gasteiger partial charge in [0.05, 0.1) is 0 Å². The van der Waals surface area contributed by atoms with Gasteiger partial charge < -0.3 is 15.3 Å². The van der Waals surface area contributed by atoms with Crippen LogP contribution >= 0.6 is 0 Å². The molecule has 0 aromatic heterocycles. The summed E-state index contributed by atoms with van der Waals surface area (Å²) < 4.78 is 26.9. The van der Waals surface area contributed by atoms with Crippen molar-refractivity contribution in [2.45, 2.75) is 6.42 Å². The van der Waals surface area contributed by atoms with Crippen LogP contribution in [0.1, 0.15) is 5.56 Å². The van der Waals surface area contributed by atoms with Crippen molar-refractivity contribution in [2.24, 2.45) is 0 Å². The van der Waals surface area contributed by atoms with Crippen LogP contribution in [0, 0.1) is 11.6 Å². The fourth-order valence-electron chi connectivity index (χ4n) is 2.02. The number of hydrogen-bond donors (Lipinski definition) is 2. The molecular weight excluding hydrogens is 226 g/mol. The molecule has 1 aromatic rings. The van der Waals surface area contributed by atoms with E-state index in [1.807, 2.05) is 0 Å². The Bertz CT molecular complexity index is 392. The van der Waals surface area contributed by atoms with Crippen molar-refractivity contribution in [3.8, 4) is 5.75 Å². The summed E-state index contributed by atoms with van der Waals surface area (Å²) in [5, 5.41) is 12.4. The normalized spacial score (nSPS) is 17.3. The van der Waals surface area contributed by atoms with E-state index in [-0.39, 0.29) is 12.0 Å². The molecule has 1 saturated heterocycles. The van der Waals surface area contributed by atoms with E-state index in [1.165, 1.54) is 0 Å². The number of nitrogens with one attached hydrogen (secondary N) is 1. The molecule has 3 nitrogen and oxygen atoms in total. The van der Waals surface area contributed by atoms with Crippen LogP contribution in [-0.4, -0.2) is 42.7 Å². The van der Waals surface area contributed by atoms with Crippen LogP contribution in [0.15, 0.2) is 12.1 Å². The Hall–Kier alpha value is -1.20. The number of aromatic hydroxyl groups is 1. The van der Waals surface area contributed by atoms with Gasteiger partial charge in [0.1, 0.15) is 5.82 Å². The highest BCUT2D eigenvalue weighted by Crippen LogP contribution is 2.22. The monoisotopic (exact) mass is 242 g/mol. The molecule has 0 atom stereocenters. The highest BCUT2D eigenvalue weighted by atomic mass is 19.1. The van der Waals surface area contributed by atoms with Gasteiger partial charge in [0, 0.05) is 38.3 Å². The Morgan fingerprint density at radius 2 is 1.94 bits per heavy atom. The summed E-state index contributed by atoms with van der Waals surface area (Å²) in [7, 11) is 0. The van der Waals surface area contributed by atoms with Crippen LogP contribution in [0.3, 0.4) is 0 Å². The molecule has 94 valence electrons. The Kier molecular flexibility index (Phi) is 3.91. The highest BCUT2D eigenvalue weighted by molar-refractivity contribution is 5.31. The average molecular weight is 242 g/mol. The zero-order chi connectivity index (χ0) is 12.3. The third-order valence-corrected chi connectivity index (χ3v) is 3.05. The van der Waals surface area contributed by atoms with Crippen LogP contribution in [-0.2, 0) is 6.42 Å². The van der Waals surface area contributed by atoms with E-state index >= 15 is 0 Å². The van der Waals surface area contributed by atoms with E-state index in [0.717, 1.165) is 38.3 Å². The molecular formula is C12H16F2N2O. The second kappa shape index (κ2) is 5.42. The second-order valence-electron chi connectivity index (χ2n) is 4.20. The zero-order valence-corrected chi connectivity index (χ0v) is 9.55. The Balaban J connectivity index is 2.00. The van der Waals surface area contributed by atoms with E-state index in [2.05, 4.69) is 10.2 Å². The lowest BCUT2D eigenvalue weighted by Gasteiger charge is -2.27. The minimum atomic E-state index is -0.833. The third kappa shape index (κ3) is 2.92. The maximum Gasteiger partial charge on any atom is 0.170 e. The van der Waals surface area contributed by atoms with Crippen LogP contribution in [0.2, 0.25) is 0 Å². The molecule has 17 heavy (non-hydrogen) atoms. The standard InChI is InChI=1S/C12H16F2N2O/c13-10-1-2-11(17)12(14)9(10)3-6-16-7-4-15-5-8-16/h1-2,15,17H,3-8H2. The van der Waals surface area contributed by atoms with Crippen molar-refractivity contribution in [2.75, 3.05) is 32.7 Å². The molecule has 2 N–H and O–H groups in total. The van der Waals surface area contributed by atoms with Gasteiger partial charge in [-0.25, -0.2) is 8.78 Å². The molecule has 1 fully saturated rings. The van der Waals surface area contributed by atoms with Crippen molar-refractivity contribution >= 4 is 0 Å². The summed E-state index contributed by atoms with van der Waals surface area (Å²) in [5.74, 6) is -1.91. The molecule has 0 spiro atoms. The van der Waals surface area contributed by atoms with Crippen LogP contribution in [0.4, 0.5) is 8.78 Å². The average Bonchev–Trinajstić information content (AvgIpc) is 2.35. The summed E-state index contributed by atoms with van der Waals surface area (Å²) in [6, 6.07) is 2.14. The molecule has 0 saturated carbocycles. The summed E-state index contributed by atoms with van der Waals surface area (Å²) in [4.78, 5) is 2.15. The first-order valence-electron chi connectivity index (χ1n) is 5.77. The minimum absolute atomic E-state index is 0.0245. The molecule has 0 unspecified atom stereocenters. The van der Waals surface area contributed by atoms with E-state index in [1.54, 1.807) is 0 Å². The van der Waals surface area contributed by atoms with Gasteiger partial charge in [-0.1, -0.05) is 0 Å². The third-order valence-electron chi connectivity index (χ3n) is 3.05. The highest BCUT2D eigenvalue weighted by Gasteiger charge is 2.15. The number of rotatable bonds is 3. The first-order chi connectivity index (χ1) is 8.18. The molecule has 1 heterocycles. The van der Waals surface area contributed by atoms with Gasteiger partial charge in [-0.2, -0.15) is 0 Å². The fourth-order valence-corrected chi connectivity index (χ4v) is 2.02. The molecule has 0 aliphatic carbocycles. The molecule has 0 amide bonds. The summed E-state index contributed by atoms with van der Waals surface area (Å²) >= 11 is 0. The zero-order valence-electron chi connectivity index (χ0n) is 9.55. The van der Waals surface area contributed by atoms with E-state index in [0.29, 0.717) is 6.54 Å². The predicted octanol–water partition coefficient (Wildman–Crippen LogP) is 1.12. The van der Waals surface area contributed by atoms with Gasteiger partial charge in [-0.15, -0.1) is 0 Å². The van der Waals surface area contributed by atoms with Crippen LogP contribution in [0.5, 0.6) is 5.75 Å². The lowest BCUT2D eigenvalue weighted by atomic mass is 10.1. The van der Waals surface area contributed by atoms with Crippen LogP contribution < -0.4 is 5.32 Å². The first-order valence-corrected chi connectivity index (χ1v) is 5.77. The van der Waals surface area contributed by atoms with Crippen molar-refractivity contribution in [1.82, 2.24) is 10.2 Å². The van der Waals surface area contributed by atoms with E-state index in [9.17, 15) is 13.9 Å². The lowest BCUT2D eigenvalue weighted by Crippen LogP contribution is -2.44. The van der Waals surface area contributed by atoms with Gasteiger partial charge >= 0.3 is 0 Å². The SMILES string of the molecule is Oc1ccc(F)c(CCN2CCNCC2)c1F. The summed E-state index contributed by atoms with van der Waals surface area (Å²) in [6.07, 6.45) is 0.284. The number of hydrogen-bond acceptors (Lipinski definition) is 3. The number of benzene rings is 1. The Morgan fingerprint density at radius 3 is 2.65 bits per heavy atom. The summed E-state index contributed by atoms with van der Waals surface area (Å²) in [6.45, 7) is 4.21. The van der Waals surface area contributed by atoms with Crippen molar-refractivity contribution < 1.29 is 13.9 Å². The Morgan fingerprint density at radius 1 is 1.24 bits per heavy atom. The number of nitrogens with zero attached hydrogens (tertiary/aromatic N) is 1. The van der Waals surface area contributed by atoms with Gasteiger partial charge in [0.2, 0.25) is 0 Å². The van der Waals surface area contributed by atoms with E-state index < -0.39 is 17.4 Å². The number of phenols is 1. The first kappa shape index (κ1) is 12.3. The van der Waals surface area contributed by atoms with Gasteiger partial charge in [0.15, 0.2) is 11.6 Å². The number of piperazine rings is 1. The maximum absolute atomic E-state index is 13.5. The van der Waals surface area contributed by atoms with Crippen molar-refractivity contribution in [3.05, 3.63) is 29.3 Å². The smallest absolute Gasteiger partial charge is 0.170 e. The molecule has 1 aliphatic heterocycles. The predicted molar refractivity (Wildman–Crippen MR) is 61.0 cm³/mol. The van der Waals surface area contributed by atoms with Crippen LogP contribution in [0.25, 0.3) is 0 Å². The summed E-state index contributed by atoms with van der Waals surface area (Å²) in [5.41, 5.74) is -0.0245. The topological polar surface area (TPSA) is 35.5 Å². The number of phenolic OH excluding ortho intramolecular Hbond substituents is 1. The molecule has 2 rings (SSSR count). The van der Waals surface area contributed by atoms with Gasteiger partial charge in [0.25, 0.3) is 0 Å². The lowest BCUT2D eigenvalue weighted by molar-refractivity contribution is 0.242. The molecule has 5 heteroatoms. The Labute approximate surface area is 99.1 Å². The van der Waals surface area contributed by atoms with Crippen molar-refractivity contribution in [3.63, 3.8) is 0 Å². The van der Waals surface area contributed by atoms with E-state index in [4.69, 9.17) is 0 Å². The van der Waals surface area contributed by atoms with Gasteiger partial charge in [-0.3, -0.25) is 0 Å². The second-order valence-corrected chi connectivity index (χ2v) is 4.20. The maximum atomic E-state index is 13.5. The molecule has 0 radical (unpaired) electrons.